The molecule has 4 heterocycles. The number of anilines is 1. The van der Waals surface area contributed by atoms with E-state index in [1.807, 2.05) is 0 Å². The van der Waals surface area contributed by atoms with Crippen LogP contribution < -0.4 is 5.32 Å². The SMILES string of the molecule is CC(c1[nH]c2ccccc2c1NC=O)C(C(c1c[nH]c2ccccc12)N1C(C)CCCC1C)N1C(C)CCCC1C. The summed E-state index contributed by atoms with van der Waals surface area (Å²) in [6.07, 6.45) is 10.6. The predicted molar refractivity (Wildman–Crippen MR) is 170 cm³/mol. The number of amides is 1. The van der Waals surface area contributed by atoms with Gasteiger partial charge in [-0.1, -0.05) is 56.2 Å². The van der Waals surface area contributed by atoms with Crippen LogP contribution in [0.1, 0.15) is 96.4 Å². The Balaban J connectivity index is 1.59. The van der Waals surface area contributed by atoms with E-state index in [4.69, 9.17) is 0 Å². The summed E-state index contributed by atoms with van der Waals surface area (Å²) < 4.78 is 0. The first-order valence-corrected chi connectivity index (χ1v) is 15.8. The van der Waals surface area contributed by atoms with E-state index < -0.39 is 0 Å². The molecule has 41 heavy (non-hydrogen) atoms. The van der Waals surface area contributed by atoms with Crippen LogP contribution >= 0.6 is 0 Å². The molecule has 6 rings (SSSR count). The summed E-state index contributed by atoms with van der Waals surface area (Å²) in [7, 11) is 0. The van der Waals surface area contributed by atoms with Crippen molar-refractivity contribution < 1.29 is 4.79 Å². The summed E-state index contributed by atoms with van der Waals surface area (Å²) >= 11 is 0. The summed E-state index contributed by atoms with van der Waals surface area (Å²) in [6, 6.07) is 19.4. The topological polar surface area (TPSA) is 67.2 Å². The van der Waals surface area contributed by atoms with E-state index in [0.717, 1.165) is 28.7 Å². The van der Waals surface area contributed by atoms with Crippen molar-refractivity contribution in [1.29, 1.82) is 0 Å². The lowest BCUT2D eigenvalue weighted by atomic mass is 9.79. The monoisotopic (exact) mass is 553 g/mol. The van der Waals surface area contributed by atoms with E-state index in [2.05, 4.69) is 114 Å². The zero-order valence-electron chi connectivity index (χ0n) is 25.4. The van der Waals surface area contributed by atoms with E-state index in [0.29, 0.717) is 24.2 Å². The summed E-state index contributed by atoms with van der Waals surface area (Å²) in [6.45, 7) is 12.1. The van der Waals surface area contributed by atoms with E-state index in [1.165, 1.54) is 55.0 Å². The van der Waals surface area contributed by atoms with Gasteiger partial charge in [0.1, 0.15) is 0 Å². The van der Waals surface area contributed by atoms with Gasteiger partial charge in [0.25, 0.3) is 0 Å². The van der Waals surface area contributed by atoms with Crippen LogP contribution in [0.5, 0.6) is 0 Å². The minimum Gasteiger partial charge on any atom is -0.361 e. The molecule has 2 saturated heterocycles. The number of aromatic amines is 2. The lowest BCUT2D eigenvalue weighted by Crippen LogP contribution is -2.59. The molecule has 0 spiro atoms. The second kappa shape index (κ2) is 11.7. The maximum atomic E-state index is 11.9. The second-order valence-electron chi connectivity index (χ2n) is 12.9. The lowest BCUT2D eigenvalue weighted by Gasteiger charge is -2.54. The largest absolute Gasteiger partial charge is 0.361 e. The number of fused-ring (bicyclic) bond motifs is 2. The number of aromatic nitrogens is 2. The molecule has 7 unspecified atom stereocenters. The number of piperidine rings is 2. The van der Waals surface area contributed by atoms with Gasteiger partial charge in [-0.3, -0.25) is 14.6 Å². The Morgan fingerprint density at radius 1 is 0.805 bits per heavy atom. The molecular weight excluding hydrogens is 506 g/mol. The highest BCUT2D eigenvalue weighted by molar-refractivity contribution is 5.98. The lowest BCUT2D eigenvalue weighted by molar-refractivity contribution is -0.105. The van der Waals surface area contributed by atoms with Gasteiger partial charge in [-0.05, 0) is 71.1 Å². The molecule has 6 heteroatoms. The van der Waals surface area contributed by atoms with Crippen molar-refractivity contribution in [3.8, 4) is 0 Å². The van der Waals surface area contributed by atoms with Gasteiger partial charge in [-0.15, -0.1) is 0 Å². The molecule has 0 bridgehead atoms. The molecule has 7 atom stereocenters. The molecule has 218 valence electrons. The fourth-order valence-corrected chi connectivity index (χ4v) is 8.46. The van der Waals surface area contributed by atoms with Crippen LogP contribution in [0.3, 0.4) is 0 Å². The molecule has 1 amide bonds. The average molecular weight is 554 g/mol. The Morgan fingerprint density at radius 3 is 2.00 bits per heavy atom. The minimum absolute atomic E-state index is 0.132. The van der Waals surface area contributed by atoms with Gasteiger partial charge in [0, 0.05) is 69.8 Å². The zero-order chi connectivity index (χ0) is 28.7. The molecule has 2 aromatic carbocycles. The van der Waals surface area contributed by atoms with Crippen molar-refractivity contribution in [3.05, 3.63) is 66.0 Å². The van der Waals surface area contributed by atoms with Crippen LogP contribution in [0.15, 0.2) is 54.7 Å². The molecule has 0 aliphatic carbocycles. The Morgan fingerprint density at radius 2 is 1.37 bits per heavy atom. The van der Waals surface area contributed by atoms with Crippen LogP contribution in [-0.2, 0) is 4.79 Å². The number of H-pyrrole nitrogens is 2. The van der Waals surface area contributed by atoms with E-state index in [1.54, 1.807) is 0 Å². The number of benzene rings is 2. The molecule has 2 aliphatic heterocycles. The third-order valence-corrected chi connectivity index (χ3v) is 10.4. The molecule has 3 N–H and O–H groups in total. The average Bonchev–Trinajstić information content (AvgIpc) is 3.55. The highest BCUT2D eigenvalue weighted by atomic mass is 16.1. The number of nitrogens with zero attached hydrogens (tertiary/aromatic N) is 2. The van der Waals surface area contributed by atoms with Gasteiger partial charge in [-0.25, -0.2) is 0 Å². The summed E-state index contributed by atoms with van der Waals surface area (Å²) in [5.74, 6) is 0.132. The molecule has 2 aliphatic rings. The van der Waals surface area contributed by atoms with Crippen LogP contribution in [-0.4, -0.2) is 56.4 Å². The van der Waals surface area contributed by atoms with Gasteiger partial charge in [0.2, 0.25) is 6.41 Å². The van der Waals surface area contributed by atoms with Crippen LogP contribution in [0.25, 0.3) is 21.8 Å². The highest BCUT2D eigenvalue weighted by Gasteiger charge is 2.46. The zero-order valence-corrected chi connectivity index (χ0v) is 25.4. The van der Waals surface area contributed by atoms with E-state index in [9.17, 15) is 4.79 Å². The van der Waals surface area contributed by atoms with Crippen molar-refractivity contribution >= 4 is 33.9 Å². The number of hydrogen-bond acceptors (Lipinski definition) is 3. The van der Waals surface area contributed by atoms with Gasteiger partial charge < -0.3 is 15.3 Å². The number of rotatable bonds is 8. The summed E-state index contributed by atoms with van der Waals surface area (Å²) in [4.78, 5) is 25.0. The Bertz CT molecular complexity index is 1470. The first kappa shape index (κ1) is 28.0. The highest BCUT2D eigenvalue weighted by Crippen LogP contribution is 2.47. The predicted octanol–water partition coefficient (Wildman–Crippen LogP) is 7.96. The van der Waals surface area contributed by atoms with Crippen LogP contribution in [0.2, 0.25) is 0 Å². The van der Waals surface area contributed by atoms with Crippen molar-refractivity contribution in [1.82, 2.24) is 19.8 Å². The Kier molecular flexibility index (Phi) is 7.97. The third kappa shape index (κ3) is 4.99. The van der Waals surface area contributed by atoms with Crippen molar-refractivity contribution in [3.63, 3.8) is 0 Å². The maximum Gasteiger partial charge on any atom is 0.211 e. The van der Waals surface area contributed by atoms with Crippen LogP contribution in [0.4, 0.5) is 5.69 Å². The molecule has 0 radical (unpaired) electrons. The summed E-state index contributed by atoms with van der Waals surface area (Å²) in [5, 5.41) is 5.50. The number of hydrogen-bond donors (Lipinski definition) is 3. The minimum atomic E-state index is 0.132. The summed E-state index contributed by atoms with van der Waals surface area (Å²) in [5.41, 5.74) is 5.70. The third-order valence-electron chi connectivity index (χ3n) is 10.4. The number of carbonyl (C=O) groups excluding carboxylic acids is 1. The van der Waals surface area contributed by atoms with E-state index in [-0.39, 0.29) is 18.0 Å². The Hall–Kier alpha value is -3.09. The number of likely N-dealkylation sites (tertiary alicyclic amines) is 2. The van der Waals surface area contributed by atoms with Gasteiger partial charge in [0.05, 0.1) is 11.7 Å². The van der Waals surface area contributed by atoms with Gasteiger partial charge in [0.15, 0.2) is 0 Å². The molecular formula is C35H47N5O. The number of carbonyl (C=O) groups is 1. The molecule has 4 aromatic rings. The van der Waals surface area contributed by atoms with Crippen molar-refractivity contribution in [2.45, 2.75) is 115 Å². The second-order valence-corrected chi connectivity index (χ2v) is 12.9. The van der Waals surface area contributed by atoms with Gasteiger partial charge in [-0.2, -0.15) is 0 Å². The normalized spacial score (nSPS) is 26.7. The Labute approximate surface area is 244 Å². The van der Waals surface area contributed by atoms with Gasteiger partial charge >= 0.3 is 0 Å². The fraction of sp³-hybridized carbons (Fsp3) is 0.514. The maximum absolute atomic E-state index is 11.9. The molecule has 2 fully saturated rings. The standard InChI is InChI=1S/C35H47N5O/c1-22-12-10-13-23(2)39(22)34(26(5)32-33(37-21-41)28-17-7-9-19-31(28)38-32)35(40-24(3)14-11-15-25(40)4)29-20-36-30-18-8-6-16-27(29)30/h6-9,16-26,34-36,38H,10-15H2,1-5H3,(H,37,41). The number of para-hydroxylation sites is 2. The van der Waals surface area contributed by atoms with Crippen molar-refractivity contribution in [2.24, 2.45) is 0 Å². The van der Waals surface area contributed by atoms with Crippen LogP contribution in [0, 0.1) is 0 Å². The molecule has 2 aromatic heterocycles. The molecule has 0 saturated carbocycles. The first-order chi connectivity index (χ1) is 19.9. The van der Waals surface area contributed by atoms with Crippen molar-refractivity contribution in [2.75, 3.05) is 5.32 Å². The van der Waals surface area contributed by atoms with E-state index >= 15 is 0 Å². The fourth-order valence-electron chi connectivity index (χ4n) is 8.46. The molecule has 6 nitrogen and oxygen atoms in total. The quantitative estimate of drug-likeness (QED) is 0.194. The number of nitrogens with one attached hydrogen (secondary N) is 3. The smallest absolute Gasteiger partial charge is 0.211 e. The first-order valence-electron chi connectivity index (χ1n) is 15.8.